The number of carbonyl (C=O) groups is 1. The van der Waals surface area contributed by atoms with E-state index in [2.05, 4.69) is 17.0 Å². The van der Waals surface area contributed by atoms with Gasteiger partial charge < -0.3 is 4.90 Å². The van der Waals surface area contributed by atoms with E-state index in [4.69, 9.17) is 16.6 Å². The van der Waals surface area contributed by atoms with Crippen LogP contribution in [0.2, 0.25) is 5.02 Å². The summed E-state index contributed by atoms with van der Waals surface area (Å²) in [5.41, 5.74) is 3.14. The summed E-state index contributed by atoms with van der Waals surface area (Å²) in [7, 11) is 4.09. The Balaban J connectivity index is 0.00000300. The average molecular weight is 452 g/mol. The number of thiazole rings is 1. The van der Waals surface area contributed by atoms with Crippen molar-refractivity contribution in [3.63, 3.8) is 0 Å². The van der Waals surface area contributed by atoms with Crippen LogP contribution >= 0.6 is 35.3 Å². The van der Waals surface area contributed by atoms with Gasteiger partial charge >= 0.3 is 0 Å². The number of hydrogen-bond acceptors (Lipinski definition) is 4. The number of carbonyl (C=O) groups excluding carboxylic acids is 1. The first kappa shape index (κ1) is 23.6. The minimum Gasteiger partial charge on any atom is -0.309 e. The van der Waals surface area contributed by atoms with Gasteiger partial charge in [0.2, 0.25) is 5.91 Å². The SMILES string of the molecule is Cc1cc(Cl)cc2sc(N(CCCN(C)C)C(=O)CCc3ccccc3)nc12.Cl. The maximum Gasteiger partial charge on any atom is 0.229 e. The summed E-state index contributed by atoms with van der Waals surface area (Å²) < 4.78 is 1.02. The van der Waals surface area contributed by atoms with E-state index in [1.165, 1.54) is 16.9 Å². The zero-order valence-electron chi connectivity index (χ0n) is 17.0. The molecule has 1 heterocycles. The van der Waals surface area contributed by atoms with Crippen molar-refractivity contribution in [3.8, 4) is 0 Å². The minimum absolute atomic E-state index is 0. The Morgan fingerprint density at radius 3 is 2.55 bits per heavy atom. The van der Waals surface area contributed by atoms with Crippen molar-refractivity contribution in [1.82, 2.24) is 9.88 Å². The molecule has 4 nitrogen and oxygen atoms in total. The second kappa shape index (κ2) is 10.9. The predicted octanol–water partition coefficient (Wildman–Crippen LogP) is 5.60. The van der Waals surface area contributed by atoms with Crippen LogP contribution in [0.5, 0.6) is 0 Å². The molecule has 0 N–H and O–H groups in total. The number of aryl methyl sites for hydroxylation is 2. The van der Waals surface area contributed by atoms with E-state index in [0.717, 1.165) is 40.3 Å². The number of anilines is 1. The number of amides is 1. The van der Waals surface area contributed by atoms with Gasteiger partial charge in [-0.15, -0.1) is 12.4 Å². The van der Waals surface area contributed by atoms with E-state index in [9.17, 15) is 4.79 Å². The van der Waals surface area contributed by atoms with E-state index in [1.807, 2.05) is 56.3 Å². The number of halogens is 2. The summed E-state index contributed by atoms with van der Waals surface area (Å²) in [5.74, 6) is 0.116. The molecule has 0 aliphatic carbocycles. The average Bonchev–Trinajstić information content (AvgIpc) is 3.08. The predicted molar refractivity (Wildman–Crippen MR) is 127 cm³/mol. The van der Waals surface area contributed by atoms with E-state index < -0.39 is 0 Å². The molecule has 1 aromatic heterocycles. The molecule has 29 heavy (non-hydrogen) atoms. The Kier molecular flexibility index (Phi) is 8.90. The number of aromatic nitrogens is 1. The molecule has 0 atom stereocenters. The van der Waals surface area contributed by atoms with Gasteiger partial charge in [-0.25, -0.2) is 4.98 Å². The zero-order chi connectivity index (χ0) is 20.1. The molecule has 3 rings (SSSR count). The first-order chi connectivity index (χ1) is 13.4. The largest absolute Gasteiger partial charge is 0.309 e. The summed E-state index contributed by atoms with van der Waals surface area (Å²) in [6, 6.07) is 14.0. The van der Waals surface area contributed by atoms with Gasteiger partial charge in [-0.2, -0.15) is 0 Å². The molecule has 7 heteroatoms. The molecule has 156 valence electrons. The van der Waals surface area contributed by atoms with Crippen LogP contribution in [0.4, 0.5) is 5.13 Å². The number of rotatable bonds is 8. The summed E-state index contributed by atoms with van der Waals surface area (Å²) in [6.45, 7) is 3.60. The van der Waals surface area contributed by atoms with Crippen LogP contribution in [0.15, 0.2) is 42.5 Å². The van der Waals surface area contributed by atoms with Crippen molar-refractivity contribution in [3.05, 3.63) is 58.6 Å². The van der Waals surface area contributed by atoms with E-state index in [0.29, 0.717) is 18.0 Å². The third-order valence-electron chi connectivity index (χ3n) is 4.63. The third-order valence-corrected chi connectivity index (χ3v) is 5.87. The summed E-state index contributed by atoms with van der Waals surface area (Å²) >= 11 is 7.74. The lowest BCUT2D eigenvalue weighted by Crippen LogP contribution is -2.33. The lowest BCUT2D eigenvalue weighted by molar-refractivity contribution is -0.118. The molecule has 0 bridgehead atoms. The molecular formula is C22H27Cl2N3OS. The highest BCUT2D eigenvalue weighted by Crippen LogP contribution is 2.33. The molecule has 0 aliphatic heterocycles. The van der Waals surface area contributed by atoms with Crippen molar-refractivity contribution in [1.29, 1.82) is 0 Å². The minimum atomic E-state index is 0. The first-order valence-corrected chi connectivity index (χ1v) is 10.7. The zero-order valence-corrected chi connectivity index (χ0v) is 19.4. The summed E-state index contributed by atoms with van der Waals surface area (Å²) in [4.78, 5) is 21.8. The fraction of sp³-hybridized carbons (Fsp3) is 0.364. The topological polar surface area (TPSA) is 36.4 Å². The van der Waals surface area contributed by atoms with Crippen molar-refractivity contribution >= 4 is 56.6 Å². The molecule has 0 unspecified atom stereocenters. The fourth-order valence-electron chi connectivity index (χ4n) is 3.16. The fourth-order valence-corrected chi connectivity index (χ4v) is 4.62. The number of fused-ring (bicyclic) bond motifs is 1. The monoisotopic (exact) mass is 451 g/mol. The highest BCUT2D eigenvalue weighted by atomic mass is 35.5. The van der Waals surface area contributed by atoms with Gasteiger partial charge in [0.15, 0.2) is 5.13 Å². The van der Waals surface area contributed by atoms with Crippen LogP contribution in [-0.2, 0) is 11.2 Å². The van der Waals surface area contributed by atoms with Crippen molar-refractivity contribution in [2.75, 3.05) is 32.1 Å². The maximum atomic E-state index is 13.1. The van der Waals surface area contributed by atoms with Gasteiger partial charge in [-0.3, -0.25) is 9.69 Å². The lowest BCUT2D eigenvalue weighted by Gasteiger charge is -2.21. The normalized spacial score (nSPS) is 10.9. The van der Waals surface area contributed by atoms with Crippen LogP contribution < -0.4 is 4.90 Å². The molecule has 0 spiro atoms. The Labute approximate surface area is 187 Å². The van der Waals surface area contributed by atoms with Gasteiger partial charge in [-0.1, -0.05) is 53.3 Å². The number of nitrogens with zero attached hydrogens (tertiary/aromatic N) is 3. The second-order valence-electron chi connectivity index (χ2n) is 7.25. The Morgan fingerprint density at radius 1 is 1.14 bits per heavy atom. The van der Waals surface area contributed by atoms with E-state index >= 15 is 0 Å². The van der Waals surface area contributed by atoms with Crippen LogP contribution in [0.1, 0.15) is 24.0 Å². The molecule has 1 amide bonds. The Morgan fingerprint density at radius 2 is 1.86 bits per heavy atom. The molecular weight excluding hydrogens is 425 g/mol. The molecule has 2 aromatic carbocycles. The van der Waals surface area contributed by atoms with E-state index in [-0.39, 0.29) is 18.3 Å². The highest BCUT2D eigenvalue weighted by Gasteiger charge is 2.20. The van der Waals surface area contributed by atoms with Crippen molar-refractivity contribution in [2.45, 2.75) is 26.2 Å². The molecule has 3 aromatic rings. The van der Waals surface area contributed by atoms with Crippen LogP contribution in [0, 0.1) is 6.92 Å². The maximum absolute atomic E-state index is 13.1. The van der Waals surface area contributed by atoms with Crippen LogP contribution in [0.3, 0.4) is 0 Å². The first-order valence-electron chi connectivity index (χ1n) is 9.50. The number of hydrogen-bond donors (Lipinski definition) is 0. The quantitative estimate of drug-likeness (QED) is 0.447. The smallest absolute Gasteiger partial charge is 0.229 e. The highest BCUT2D eigenvalue weighted by molar-refractivity contribution is 7.22. The van der Waals surface area contributed by atoms with Gasteiger partial charge in [0.1, 0.15) is 0 Å². The molecule has 0 fully saturated rings. The van der Waals surface area contributed by atoms with Crippen LogP contribution in [0.25, 0.3) is 10.2 Å². The third kappa shape index (κ3) is 6.41. The van der Waals surface area contributed by atoms with Crippen LogP contribution in [-0.4, -0.2) is 43.0 Å². The second-order valence-corrected chi connectivity index (χ2v) is 8.70. The Hall–Kier alpha value is -1.66. The standard InChI is InChI=1S/C22H26ClN3OS.ClH/c1-16-14-18(23)15-19-21(16)24-22(28-19)26(13-7-12-25(2)3)20(27)11-10-17-8-5-4-6-9-17;/h4-6,8-9,14-15H,7,10-13H2,1-3H3;1H. The lowest BCUT2D eigenvalue weighted by atomic mass is 10.1. The molecule has 0 radical (unpaired) electrons. The number of benzene rings is 2. The van der Waals surface area contributed by atoms with Gasteiger partial charge in [0.25, 0.3) is 0 Å². The van der Waals surface area contributed by atoms with E-state index in [1.54, 1.807) is 0 Å². The Bertz CT molecular complexity index is 944. The summed E-state index contributed by atoms with van der Waals surface area (Å²) in [5, 5.41) is 1.46. The molecule has 0 saturated carbocycles. The van der Waals surface area contributed by atoms with Crippen molar-refractivity contribution in [2.24, 2.45) is 0 Å². The molecule has 0 aliphatic rings. The summed E-state index contributed by atoms with van der Waals surface area (Å²) in [6.07, 6.45) is 2.11. The van der Waals surface area contributed by atoms with Gasteiger partial charge in [0, 0.05) is 18.0 Å². The van der Waals surface area contributed by atoms with Crippen molar-refractivity contribution < 1.29 is 4.79 Å². The van der Waals surface area contributed by atoms with Gasteiger partial charge in [0.05, 0.1) is 10.2 Å². The van der Waals surface area contributed by atoms with Gasteiger partial charge in [-0.05, 0) is 63.7 Å². The molecule has 0 saturated heterocycles.